The summed E-state index contributed by atoms with van der Waals surface area (Å²) in [7, 11) is 0. The molecule has 0 aliphatic heterocycles. The van der Waals surface area contributed by atoms with Crippen LogP contribution in [0.2, 0.25) is 0 Å². The highest BCUT2D eigenvalue weighted by molar-refractivity contribution is 6.13. The molecule has 0 fully saturated rings. The van der Waals surface area contributed by atoms with Crippen LogP contribution >= 0.6 is 0 Å². The van der Waals surface area contributed by atoms with E-state index in [0.29, 0.717) is 34.5 Å². The molecule has 0 spiro atoms. The van der Waals surface area contributed by atoms with E-state index < -0.39 is 0 Å². The van der Waals surface area contributed by atoms with Crippen molar-refractivity contribution in [2.75, 3.05) is 5.32 Å². The van der Waals surface area contributed by atoms with E-state index in [2.05, 4.69) is 90.8 Å². The summed E-state index contributed by atoms with van der Waals surface area (Å²) in [4.78, 5) is 19.6. The molecule has 7 heteroatoms. The standard InChI is InChI=1S/C59H41N5O2/c1-3-4-8-18-38(2)50-36-42(47-28-17-30-49-48-29-16-27-46(54(48)66-55(47)49)39-19-9-5-10-20-39)31-33-51(50)60-45-26-15-25-44(35-45)59-61-52-37-43(32-34-53(52)65-59)58-63-56(40-21-11-6-12-22-40)62-57(64-58)41-23-13-7-14-24-41/h3-37,60H,2H2,1H3/b4-3-,18-8-. The second kappa shape index (κ2) is 17.3. The first-order chi connectivity index (χ1) is 32.6. The highest BCUT2D eigenvalue weighted by Gasteiger charge is 2.19. The smallest absolute Gasteiger partial charge is 0.227 e. The Morgan fingerprint density at radius 2 is 1.06 bits per heavy atom. The third-order valence-corrected chi connectivity index (χ3v) is 11.6. The molecule has 1 N–H and O–H groups in total. The lowest BCUT2D eigenvalue weighted by molar-refractivity contribution is 0.620. The molecule has 0 aliphatic rings. The van der Waals surface area contributed by atoms with Gasteiger partial charge in [0.2, 0.25) is 5.89 Å². The Labute approximate surface area is 381 Å². The number of rotatable bonds is 11. The van der Waals surface area contributed by atoms with Gasteiger partial charge in [-0.1, -0.05) is 170 Å². The van der Waals surface area contributed by atoms with Gasteiger partial charge in [-0.3, -0.25) is 0 Å². The first-order valence-electron chi connectivity index (χ1n) is 21.8. The first-order valence-corrected chi connectivity index (χ1v) is 21.8. The maximum absolute atomic E-state index is 6.79. The van der Waals surface area contributed by atoms with Gasteiger partial charge in [0.25, 0.3) is 0 Å². The van der Waals surface area contributed by atoms with Crippen LogP contribution in [0.15, 0.2) is 228 Å². The van der Waals surface area contributed by atoms with Crippen LogP contribution in [0.25, 0.3) is 106 Å². The van der Waals surface area contributed by atoms with Crippen LogP contribution in [-0.4, -0.2) is 19.9 Å². The fourth-order valence-corrected chi connectivity index (χ4v) is 8.36. The number of anilines is 2. The maximum atomic E-state index is 6.79. The first kappa shape index (κ1) is 39.9. The number of aromatic nitrogens is 4. The van der Waals surface area contributed by atoms with E-state index in [1.54, 1.807) is 0 Å². The fourth-order valence-electron chi connectivity index (χ4n) is 8.36. The monoisotopic (exact) mass is 851 g/mol. The predicted octanol–water partition coefficient (Wildman–Crippen LogP) is 15.8. The van der Waals surface area contributed by atoms with Gasteiger partial charge in [-0.2, -0.15) is 0 Å². The van der Waals surface area contributed by atoms with Gasteiger partial charge in [-0.25, -0.2) is 19.9 Å². The molecule has 314 valence electrons. The van der Waals surface area contributed by atoms with Crippen LogP contribution < -0.4 is 5.32 Å². The number of benzene rings is 8. The predicted molar refractivity (Wildman–Crippen MR) is 270 cm³/mol. The largest absolute Gasteiger partial charge is 0.455 e. The van der Waals surface area contributed by atoms with Crippen molar-refractivity contribution in [1.29, 1.82) is 0 Å². The van der Waals surface area contributed by atoms with Crippen molar-refractivity contribution in [3.8, 4) is 67.9 Å². The van der Waals surface area contributed by atoms with Crippen LogP contribution in [0, 0.1) is 0 Å². The topological polar surface area (TPSA) is 89.9 Å². The minimum Gasteiger partial charge on any atom is -0.455 e. The number of nitrogens with zero attached hydrogens (tertiary/aromatic N) is 4. The number of hydrogen-bond acceptors (Lipinski definition) is 7. The molecule has 3 aromatic heterocycles. The Morgan fingerprint density at radius 1 is 0.485 bits per heavy atom. The highest BCUT2D eigenvalue weighted by Crippen LogP contribution is 2.41. The summed E-state index contributed by atoms with van der Waals surface area (Å²) < 4.78 is 13.2. The van der Waals surface area contributed by atoms with Gasteiger partial charge in [-0.15, -0.1) is 0 Å². The number of fused-ring (bicyclic) bond motifs is 4. The second-order valence-corrected chi connectivity index (χ2v) is 15.9. The van der Waals surface area contributed by atoms with E-state index in [9.17, 15) is 0 Å². The molecule has 0 atom stereocenters. The minimum absolute atomic E-state index is 0.500. The molecular formula is C59H41N5O2. The van der Waals surface area contributed by atoms with Gasteiger partial charge < -0.3 is 14.2 Å². The van der Waals surface area contributed by atoms with Crippen LogP contribution in [0.1, 0.15) is 12.5 Å². The number of furan rings is 1. The van der Waals surface area contributed by atoms with Gasteiger partial charge in [0.15, 0.2) is 23.1 Å². The lowest BCUT2D eigenvalue weighted by Gasteiger charge is -2.15. The molecule has 0 radical (unpaired) electrons. The molecule has 0 unspecified atom stereocenters. The van der Waals surface area contributed by atoms with Crippen molar-refractivity contribution in [3.05, 3.63) is 225 Å². The zero-order valence-electron chi connectivity index (χ0n) is 36.0. The lowest BCUT2D eigenvalue weighted by Crippen LogP contribution is -2.00. The number of oxazole rings is 1. The summed E-state index contributed by atoms with van der Waals surface area (Å²) in [5, 5.41) is 5.85. The average Bonchev–Trinajstić information content (AvgIpc) is 3.99. The van der Waals surface area contributed by atoms with Crippen LogP contribution in [0.4, 0.5) is 11.4 Å². The number of nitrogens with one attached hydrogen (secondary N) is 1. The Hall–Kier alpha value is -8.94. The van der Waals surface area contributed by atoms with Crippen LogP contribution in [0.3, 0.4) is 0 Å². The van der Waals surface area contributed by atoms with E-state index in [4.69, 9.17) is 28.8 Å². The second-order valence-electron chi connectivity index (χ2n) is 15.9. The van der Waals surface area contributed by atoms with Gasteiger partial charge in [0, 0.05) is 61.1 Å². The Balaban J connectivity index is 0.928. The molecule has 11 rings (SSSR count). The van der Waals surface area contributed by atoms with E-state index in [1.165, 1.54) is 0 Å². The molecule has 0 bridgehead atoms. The Kier molecular flexibility index (Phi) is 10.5. The molecule has 0 saturated heterocycles. The van der Waals surface area contributed by atoms with Crippen molar-refractivity contribution < 1.29 is 8.83 Å². The highest BCUT2D eigenvalue weighted by atomic mass is 16.3. The normalized spacial score (nSPS) is 11.7. The Morgan fingerprint density at radius 3 is 1.71 bits per heavy atom. The summed E-state index contributed by atoms with van der Waals surface area (Å²) in [6.45, 7) is 6.51. The molecule has 8 aromatic carbocycles. The lowest BCUT2D eigenvalue weighted by atomic mass is 9.96. The van der Waals surface area contributed by atoms with Crippen LogP contribution in [0.5, 0.6) is 0 Å². The molecule has 0 aliphatic carbocycles. The summed E-state index contributed by atoms with van der Waals surface area (Å²) in [5.74, 6) is 2.25. The number of para-hydroxylation sites is 2. The third kappa shape index (κ3) is 7.75. The third-order valence-electron chi connectivity index (χ3n) is 11.6. The van der Waals surface area contributed by atoms with Crippen molar-refractivity contribution in [3.63, 3.8) is 0 Å². The molecule has 3 heterocycles. The number of allylic oxidation sites excluding steroid dienone is 5. The SMILES string of the molecule is C=C(/C=C\C=C/C)c1cc(-c2cccc3c2oc2c(-c4ccccc4)cccc23)ccc1Nc1cccc(-c2nc3cc(-c4nc(-c5ccccc5)nc(-c5ccccc5)n4)ccc3o2)c1. The summed E-state index contributed by atoms with van der Waals surface area (Å²) in [5.41, 5.74) is 14.3. The van der Waals surface area contributed by atoms with E-state index in [1.807, 2.05) is 140 Å². The van der Waals surface area contributed by atoms with Gasteiger partial charge >= 0.3 is 0 Å². The van der Waals surface area contributed by atoms with E-state index in [-0.39, 0.29) is 0 Å². The van der Waals surface area contributed by atoms with E-state index in [0.717, 1.165) is 89.0 Å². The zero-order chi connectivity index (χ0) is 44.4. The minimum atomic E-state index is 0.500. The molecule has 7 nitrogen and oxygen atoms in total. The van der Waals surface area contributed by atoms with Gasteiger partial charge in [0.05, 0.1) is 0 Å². The molecule has 66 heavy (non-hydrogen) atoms. The zero-order valence-corrected chi connectivity index (χ0v) is 36.0. The number of hydrogen-bond donors (Lipinski definition) is 1. The van der Waals surface area contributed by atoms with E-state index >= 15 is 0 Å². The molecule has 11 aromatic rings. The molecule has 0 amide bonds. The average molecular weight is 852 g/mol. The van der Waals surface area contributed by atoms with Crippen molar-refractivity contribution >= 4 is 50.0 Å². The molecular weight excluding hydrogens is 811 g/mol. The quantitative estimate of drug-likeness (QED) is 0.130. The fraction of sp³-hybridized carbons (Fsp3) is 0.0169. The maximum Gasteiger partial charge on any atom is 0.227 e. The summed E-state index contributed by atoms with van der Waals surface area (Å²) in [6.07, 6.45) is 8.04. The van der Waals surface area contributed by atoms with Crippen molar-refractivity contribution in [2.45, 2.75) is 6.92 Å². The van der Waals surface area contributed by atoms with Gasteiger partial charge in [-0.05, 0) is 72.2 Å². The van der Waals surface area contributed by atoms with Gasteiger partial charge in [0.1, 0.15) is 16.7 Å². The van der Waals surface area contributed by atoms with Crippen molar-refractivity contribution in [1.82, 2.24) is 19.9 Å². The van der Waals surface area contributed by atoms with Crippen LogP contribution in [-0.2, 0) is 0 Å². The Bertz CT molecular complexity index is 3590. The summed E-state index contributed by atoms with van der Waals surface area (Å²) >= 11 is 0. The molecule has 0 saturated carbocycles. The summed E-state index contributed by atoms with van der Waals surface area (Å²) in [6, 6.07) is 63.4. The van der Waals surface area contributed by atoms with Crippen molar-refractivity contribution in [2.24, 2.45) is 0 Å².